The SMILES string of the molecule is C=C(C)c1cc(NS(=O)O)cc(C(C)(C)C)c1O. The number of phenolic OH excluding ortho intramolecular Hbond substituents is 1. The van der Waals surface area contributed by atoms with Crippen LogP contribution < -0.4 is 4.72 Å². The predicted molar refractivity (Wildman–Crippen MR) is 75.9 cm³/mol. The van der Waals surface area contributed by atoms with Gasteiger partial charge < -0.3 is 5.11 Å². The van der Waals surface area contributed by atoms with E-state index in [2.05, 4.69) is 11.3 Å². The molecule has 1 atom stereocenters. The van der Waals surface area contributed by atoms with E-state index in [-0.39, 0.29) is 11.2 Å². The number of allylic oxidation sites excluding steroid dienone is 1. The quantitative estimate of drug-likeness (QED) is 0.582. The molecule has 1 aromatic carbocycles. The van der Waals surface area contributed by atoms with Gasteiger partial charge in [-0.3, -0.25) is 9.27 Å². The standard InChI is InChI=1S/C13H19NO3S/c1-8(2)10-6-9(14-18(16)17)7-11(12(10)15)13(3,4)5/h6-7,14-15H,1H2,2-5H3,(H,16,17). The Morgan fingerprint density at radius 1 is 1.39 bits per heavy atom. The van der Waals surface area contributed by atoms with E-state index < -0.39 is 11.3 Å². The molecule has 0 fully saturated rings. The van der Waals surface area contributed by atoms with Crippen LogP contribution >= 0.6 is 0 Å². The summed E-state index contributed by atoms with van der Waals surface area (Å²) in [4.78, 5) is 0. The highest BCUT2D eigenvalue weighted by molar-refractivity contribution is 7.80. The maximum Gasteiger partial charge on any atom is 0.259 e. The molecule has 0 radical (unpaired) electrons. The first-order chi connectivity index (χ1) is 8.12. The van der Waals surface area contributed by atoms with E-state index in [4.69, 9.17) is 4.55 Å². The summed E-state index contributed by atoms with van der Waals surface area (Å²) in [6.07, 6.45) is 0. The zero-order chi connectivity index (χ0) is 14.1. The van der Waals surface area contributed by atoms with Crippen LogP contribution in [0.25, 0.3) is 5.57 Å². The van der Waals surface area contributed by atoms with Gasteiger partial charge in [-0.1, -0.05) is 27.4 Å². The number of nitrogens with one attached hydrogen (secondary N) is 1. The lowest BCUT2D eigenvalue weighted by atomic mass is 9.84. The van der Waals surface area contributed by atoms with Crippen molar-refractivity contribution in [2.75, 3.05) is 4.72 Å². The fourth-order valence-corrected chi connectivity index (χ4v) is 2.01. The van der Waals surface area contributed by atoms with E-state index in [1.165, 1.54) is 0 Å². The van der Waals surface area contributed by atoms with Gasteiger partial charge in [-0.15, -0.1) is 0 Å². The lowest BCUT2D eigenvalue weighted by molar-refractivity contribution is 0.445. The van der Waals surface area contributed by atoms with Crippen LogP contribution in [0.15, 0.2) is 18.7 Å². The second-order valence-electron chi connectivity index (χ2n) is 5.30. The molecule has 0 aliphatic heterocycles. The lowest BCUT2D eigenvalue weighted by Crippen LogP contribution is -2.13. The Balaban J connectivity index is 3.46. The smallest absolute Gasteiger partial charge is 0.259 e. The first-order valence-electron chi connectivity index (χ1n) is 5.54. The van der Waals surface area contributed by atoms with E-state index in [1.54, 1.807) is 19.1 Å². The molecule has 4 nitrogen and oxygen atoms in total. The van der Waals surface area contributed by atoms with Crippen molar-refractivity contribution in [2.24, 2.45) is 0 Å². The number of benzene rings is 1. The van der Waals surface area contributed by atoms with Gasteiger partial charge in [0.1, 0.15) is 5.75 Å². The number of phenols is 1. The van der Waals surface area contributed by atoms with E-state index >= 15 is 0 Å². The van der Waals surface area contributed by atoms with Crippen molar-refractivity contribution in [2.45, 2.75) is 33.1 Å². The summed E-state index contributed by atoms with van der Waals surface area (Å²) in [5.74, 6) is 0.171. The van der Waals surface area contributed by atoms with Gasteiger partial charge in [0.05, 0.1) is 0 Å². The van der Waals surface area contributed by atoms with E-state index in [1.807, 2.05) is 20.8 Å². The van der Waals surface area contributed by atoms with Gasteiger partial charge >= 0.3 is 0 Å². The topological polar surface area (TPSA) is 69.6 Å². The van der Waals surface area contributed by atoms with Gasteiger partial charge in [-0.2, -0.15) is 0 Å². The molecule has 5 heteroatoms. The Kier molecular flexibility index (Phi) is 4.19. The minimum Gasteiger partial charge on any atom is -0.507 e. The predicted octanol–water partition coefficient (Wildman–Crippen LogP) is 3.27. The van der Waals surface area contributed by atoms with Gasteiger partial charge in [0.15, 0.2) is 0 Å². The van der Waals surface area contributed by atoms with Gasteiger partial charge in [-0.05, 0) is 30.0 Å². The Labute approximate surface area is 110 Å². The van der Waals surface area contributed by atoms with Gasteiger partial charge in [0.25, 0.3) is 11.3 Å². The Morgan fingerprint density at radius 2 is 1.94 bits per heavy atom. The number of hydrogen-bond acceptors (Lipinski definition) is 2. The molecule has 0 aliphatic rings. The van der Waals surface area contributed by atoms with Crippen molar-refractivity contribution in [3.63, 3.8) is 0 Å². The first kappa shape index (κ1) is 14.7. The molecular formula is C13H19NO3S. The van der Waals surface area contributed by atoms with Crippen LogP contribution in [0.1, 0.15) is 38.8 Å². The lowest BCUT2D eigenvalue weighted by Gasteiger charge is -2.23. The third-order valence-electron chi connectivity index (χ3n) is 2.58. The Bertz CT molecular complexity index is 504. The van der Waals surface area contributed by atoms with E-state index in [9.17, 15) is 9.32 Å². The summed E-state index contributed by atoms with van der Waals surface area (Å²) >= 11 is -2.14. The second kappa shape index (κ2) is 5.12. The van der Waals surface area contributed by atoms with Crippen LogP contribution in [0.5, 0.6) is 5.75 Å². The van der Waals surface area contributed by atoms with Crippen molar-refractivity contribution in [1.29, 1.82) is 0 Å². The highest BCUT2D eigenvalue weighted by atomic mass is 32.2. The summed E-state index contributed by atoms with van der Waals surface area (Å²) in [5, 5.41) is 10.2. The van der Waals surface area contributed by atoms with Crippen molar-refractivity contribution < 1.29 is 13.9 Å². The molecule has 0 aromatic heterocycles. The molecule has 0 aliphatic carbocycles. The van der Waals surface area contributed by atoms with Crippen LogP contribution in [-0.2, 0) is 16.7 Å². The second-order valence-corrected chi connectivity index (χ2v) is 6.00. The molecule has 1 rings (SSSR count). The van der Waals surface area contributed by atoms with Crippen LogP contribution in [0, 0.1) is 0 Å². The van der Waals surface area contributed by atoms with Crippen molar-refractivity contribution >= 4 is 22.5 Å². The molecule has 18 heavy (non-hydrogen) atoms. The molecule has 0 bridgehead atoms. The minimum atomic E-state index is -2.14. The number of rotatable bonds is 3. The summed E-state index contributed by atoms with van der Waals surface area (Å²) in [6.45, 7) is 11.5. The van der Waals surface area contributed by atoms with Crippen LogP contribution in [0.2, 0.25) is 0 Å². The maximum absolute atomic E-state index is 10.8. The normalized spacial score (nSPS) is 13.2. The summed E-state index contributed by atoms with van der Waals surface area (Å²) in [6, 6.07) is 3.29. The molecule has 0 saturated heterocycles. The summed E-state index contributed by atoms with van der Waals surface area (Å²) in [7, 11) is 0. The van der Waals surface area contributed by atoms with Crippen LogP contribution in [0.4, 0.5) is 5.69 Å². The highest BCUT2D eigenvalue weighted by Crippen LogP contribution is 2.38. The average Bonchev–Trinajstić information content (AvgIpc) is 2.17. The van der Waals surface area contributed by atoms with Gasteiger partial charge in [-0.25, -0.2) is 4.21 Å². The van der Waals surface area contributed by atoms with E-state index in [0.29, 0.717) is 22.4 Å². The van der Waals surface area contributed by atoms with Gasteiger partial charge in [0.2, 0.25) is 0 Å². The molecule has 0 spiro atoms. The largest absolute Gasteiger partial charge is 0.507 e. The third-order valence-corrected chi connectivity index (χ3v) is 2.99. The third kappa shape index (κ3) is 3.34. The van der Waals surface area contributed by atoms with Crippen LogP contribution in [-0.4, -0.2) is 13.9 Å². The molecule has 1 aromatic rings. The molecule has 0 amide bonds. The molecule has 3 N–H and O–H groups in total. The van der Waals surface area contributed by atoms with Crippen LogP contribution in [0.3, 0.4) is 0 Å². The van der Waals surface area contributed by atoms with E-state index in [0.717, 1.165) is 0 Å². The number of aromatic hydroxyl groups is 1. The monoisotopic (exact) mass is 269 g/mol. The molecule has 0 saturated carbocycles. The van der Waals surface area contributed by atoms with Gasteiger partial charge in [0, 0.05) is 16.8 Å². The summed E-state index contributed by atoms with van der Waals surface area (Å²) in [5.41, 5.74) is 2.19. The van der Waals surface area contributed by atoms with Crippen molar-refractivity contribution in [3.05, 3.63) is 29.8 Å². The molecule has 100 valence electrons. The van der Waals surface area contributed by atoms with Crippen molar-refractivity contribution in [3.8, 4) is 5.75 Å². The fourth-order valence-electron chi connectivity index (χ4n) is 1.69. The first-order valence-corrected chi connectivity index (χ1v) is 6.64. The minimum absolute atomic E-state index is 0.171. The Hall–Kier alpha value is -1.33. The number of hydrogen-bond donors (Lipinski definition) is 3. The van der Waals surface area contributed by atoms with Crippen molar-refractivity contribution in [1.82, 2.24) is 0 Å². The molecular weight excluding hydrogens is 250 g/mol. The summed E-state index contributed by atoms with van der Waals surface area (Å²) < 4.78 is 22.1. The maximum atomic E-state index is 10.8. The zero-order valence-electron chi connectivity index (χ0n) is 11.1. The molecule has 1 unspecified atom stereocenters. The Morgan fingerprint density at radius 3 is 2.33 bits per heavy atom. The molecule has 0 heterocycles. The highest BCUT2D eigenvalue weighted by Gasteiger charge is 2.21. The fraction of sp³-hybridized carbons (Fsp3) is 0.385. The average molecular weight is 269 g/mol. The number of anilines is 1. The zero-order valence-corrected chi connectivity index (χ0v) is 11.9.